The summed E-state index contributed by atoms with van der Waals surface area (Å²) < 4.78 is 27.8. The van der Waals surface area contributed by atoms with Crippen LogP contribution in [-0.2, 0) is 10.2 Å². The molecule has 1 N–H and O–H groups in total. The number of piperidine rings is 1. The number of aliphatic hydroxyl groups is 1. The molecule has 2 fully saturated rings. The molecule has 1 aliphatic heterocycles. The minimum absolute atomic E-state index is 0.172. The Balaban J connectivity index is 1.89. The average molecular weight is 276 g/mol. The van der Waals surface area contributed by atoms with E-state index < -0.39 is 10.2 Å². The molecule has 1 saturated carbocycles. The predicted molar refractivity (Wildman–Crippen MR) is 70.3 cm³/mol. The fourth-order valence-electron chi connectivity index (χ4n) is 2.65. The lowest BCUT2D eigenvalue weighted by atomic mass is 9.86. The van der Waals surface area contributed by atoms with Crippen LogP contribution in [0.2, 0.25) is 0 Å². The Kier molecular flexibility index (Phi) is 4.64. The molecule has 0 aromatic rings. The fraction of sp³-hybridized carbons (Fsp3) is 1.00. The molecule has 0 unspecified atom stereocenters. The SMILES string of the molecule is CN(CC1CCC1)S(=O)(=O)N1CCC(CO)CC1. The summed E-state index contributed by atoms with van der Waals surface area (Å²) >= 11 is 0. The first kappa shape index (κ1) is 14.2. The number of nitrogens with zero attached hydrogens (tertiary/aromatic N) is 2. The molecule has 6 heteroatoms. The molecule has 0 aromatic heterocycles. The molecule has 106 valence electrons. The smallest absolute Gasteiger partial charge is 0.281 e. The van der Waals surface area contributed by atoms with E-state index >= 15 is 0 Å². The quantitative estimate of drug-likeness (QED) is 0.803. The van der Waals surface area contributed by atoms with Crippen molar-refractivity contribution in [3.05, 3.63) is 0 Å². The molecule has 0 spiro atoms. The van der Waals surface area contributed by atoms with E-state index in [1.165, 1.54) is 10.7 Å². The Hall–Kier alpha value is -0.170. The second kappa shape index (κ2) is 5.86. The van der Waals surface area contributed by atoms with E-state index in [9.17, 15) is 8.42 Å². The van der Waals surface area contributed by atoms with E-state index in [-0.39, 0.29) is 12.5 Å². The maximum Gasteiger partial charge on any atom is 0.281 e. The van der Waals surface area contributed by atoms with Crippen molar-refractivity contribution in [3.63, 3.8) is 0 Å². The molecule has 0 amide bonds. The first-order valence-corrected chi connectivity index (χ1v) is 8.26. The third-order valence-electron chi connectivity index (χ3n) is 4.29. The van der Waals surface area contributed by atoms with Crippen LogP contribution in [0.15, 0.2) is 0 Å². The van der Waals surface area contributed by atoms with Crippen molar-refractivity contribution in [3.8, 4) is 0 Å². The Morgan fingerprint density at radius 1 is 1.17 bits per heavy atom. The molecule has 1 heterocycles. The van der Waals surface area contributed by atoms with E-state index in [0.29, 0.717) is 25.6 Å². The molecule has 0 atom stereocenters. The molecule has 18 heavy (non-hydrogen) atoms. The van der Waals surface area contributed by atoms with Crippen LogP contribution in [0.3, 0.4) is 0 Å². The van der Waals surface area contributed by atoms with Gasteiger partial charge in [0.15, 0.2) is 0 Å². The van der Waals surface area contributed by atoms with Crippen LogP contribution in [0, 0.1) is 11.8 Å². The molecule has 0 aromatic carbocycles. The predicted octanol–water partition coefficient (Wildman–Crippen LogP) is 0.667. The van der Waals surface area contributed by atoms with Gasteiger partial charge in [-0.3, -0.25) is 0 Å². The second-order valence-corrected chi connectivity index (χ2v) is 7.65. The van der Waals surface area contributed by atoms with Crippen LogP contribution in [0.5, 0.6) is 0 Å². The van der Waals surface area contributed by atoms with Crippen molar-refractivity contribution in [2.75, 3.05) is 33.3 Å². The minimum atomic E-state index is -3.28. The van der Waals surface area contributed by atoms with Gasteiger partial charge in [0.2, 0.25) is 0 Å². The molecular formula is C12H24N2O3S. The average Bonchev–Trinajstić information content (AvgIpc) is 2.33. The van der Waals surface area contributed by atoms with Gasteiger partial charge in [-0.05, 0) is 37.5 Å². The third-order valence-corrected chi connectivity index (χ3v) is 6.25. The van der Waals surface area contributed by atoms with Gasteiger partial charge in [0.05, 0.1) is 0 Å². The summed E-state index contributed by atoms with van der Waals surface area (Å²) in [5.74, 6) is 0.827. The van der Waals surface area contributed by atoms with Gasteiger partial charge in [-0.2, -0.15) is 17.0 Å². The van der Waals surface area contributed by atoms with E-state index in [1.807, 2.05) is 0 Å². The minimum Gasteiger partial charge on any atom is -0.396 e. The molecule has 0 bridgehead atoms. The molecule has 0 radical (unpaired) electrons. The number of hydrogen-bond donors (Lipinski definition) is 1. The fourth-order valence-corrected chi connectivity index (χ4v) is 4.12. The first-order chi connectivity index (χ1) is 8.54. The van der Waals surface area contributed by atoms with Crippen LogP contribution in [0.25, 0.3) is 0 Å². The third kappa shape index (κ3) is 3.04. The van der Waals surface area contributed by atoms with Gasteiger partial charge in [0.25, 0.3) is 10.2 Å². The van der Waals surface area contributed by atoms with Crippen molar-refractivity contribution in [1.82, 2.24) is 8.61 Å². The highest BCUT2D eigenvalue weighted by molar-refractivity contribution is 7.86. The van der Waals surface area contributed by atoms with Crippen LogP contribution < -0.4 is 0 Å². The van der Waals surface area contributed by atoms with Crippen LogP contribution >= 0.6 is 0 Å². The topological polar surface area (TPSA) is 60.9 Å². The van der Waals surface area contributed by atoms with Crippen LogP contribution in [-0.4, -0.2) is 55.4 Å². The molecule has 2 rings (SSSR count). The van der Waals surface area contributed by atoms with E-state index in [1.54, 1.807) is 11.4 Å². The zero-order chi connectivity index (χ0) is 13.2. The lowest BCUT2D eigenvalue weighted by Gasteiger charge is -2.35. The lowest BCUT2D eigenvalue weighted by molar-refractivity contribution is 0.165. The summed E-state index contributed by atoms with van der Waals surface area (Å²) in [6, 6.07) is 0. The Bertz CT molecular complexity index is 360. The van der Waals surface area contributed by atoms with Gasteiger partial charge in [-0.25, -0.2) is 0 Å². The Morgan fingerprint density at radius 2 is 1.78 bits per heavy atom. The largest absolute Gasteiger partial charge is 0.396 e. The van der Waals surface area contributed by atoms with Crippen LogP contribution in [0.4, 0.5) is 0 Å². The van der Waals surface area contributed by atoms with Gasteiger partial charge in [-0.15, -0.1) is 0 Å². The standard InChI is InChI=1S/C12H24N2O3S/c1-13(9-11-3-2-4-11)18(16,17)14-7-5-12(10-15)6-8-14/h11-12,15H,2-10H2,1H3. The monoisotopic (exact) mass is 276 g/mol. The second-order valence-electron chi connectivity index (χ2n) is 5.61. The Morgan fingerprint density at radius 3 is 2.22 bits per heavy atom. The zero-order valence-electron chi connectivity index (χ0n) is 11.1. The van der Waals surface area contributed by atoms with Crippen LogP contribution in [0.1, 0.15) is 32.1 Å². The number of rotatable bonds is 5. The summed E-state index contributed by atoms with van der Waals surface area (Å²) in [6.07, 6.45) is 5.10. The van der Waals surface area contributed by atoms with E-state index in [0.717, 1.165) is 25.7 Å². The Labute approximate surface area is 110 Å². The zero-order valence-corrected chi connectivity index (χ0v) is 11.9. The van der Waals surface area contributed by atoms with Gasteiger partial charge >= 0.3 is 0 Å². The maximum atomic E-state index is 12.3. The van der Waals surface area contributed by atoms with Crippen molar-refractivity contribution in [2.45, 2.75) is 32.1 Å². The van der Waals surface area contributed by atoms with Crippen molar-refractivity contribution in [1.29, 1.82) is 0 Å². The van der Waals surface area contributed by atoms with E-state index in [2.05, 4.69) is 0 Å². The normalized spacial score (nSPS) is 24.4. The summed E-state index contributed by atoms with van der Waals surface area (Å²) in [7, 11) is -1.59. The summed E-state index contributed by atoms with van der Waals surface area (Å²) in [6.45, 7) is 1.92. The van der Waals surface area contributed by atoms with Gasteiger partial charge in [0, 0.05) is 33.3 Å². The molecule has 5 nitrogen and oxygen atoms in total. The van der Waals surface area contributed by atoms with Gasteiger partial charge in [-0.1, -0.05) is 6.42 Å². The van der Waals surface area contributed by atoms with E-state index in [4.69, 9.17) is 5.11 Å². The highest BCUT2D eigenvalue weighted by Crippen LogP contribution is 2.28. The first-order valence-electron chi connectivity index (χ1n) is 6.86. The van der Waals surface area contributed by atoms with Crippen molar-refractivity contribution >= 4 is 10.2 Å². The van der Waals surface area contributed by atoms with Crippen molar-refractivity contribution < 1.29 is 13.5 Å². The maximum absolute atomic E-state index is 12.3. The lowest BCUT2D eigenvalue weighted by Crippen LogP contribution is -2.47. The van der Waals surface area contributed by atoms with Gasteiger partial charge in [0.1, 0.15) is 0 Å². The molecule has 1 saturated heterocycles. The molecular weight excluding hydrogens is 252 g/mol. The highest BCUT2D eigenvalue weighted by atomic mass is 32.2. The molecule has 1 aliphatic carbocycles. The highest BCUT2D eigenvalue weighted by Gasteiger charge is 2.32. The summed E-state index contributed by atoms with van der Waals surface area (Å²) in [5.41, 5.74) is 0. The molecule has 2 aliphatic rings. The summed E-state index contributed by atoms with van der Waals surface area (Å²) in [4.78, 5) is 0. The number of aliphatic hydroxyl groups excluding tert-OH is 1. The summed E-state index contributed by atoms with van der Waals surface area (Å²) in [5, 5.41) is 9.07. The van der Waals surface area contributed by atoms with Gasteiger partial charge < -0.3 is 5.11 Å². The van der Waals surface area contributed by atoms with Crippen molar-refractivity contribution in [2.24, 2.45) is 11.8 Å². The number of hydrogen-bond acceptors (Lipinski definition) is 3.